The molecule has 8 nitrogen and oxygen atoms in total. The van der Waals surface area contributed by atoms with Crippen LogP contribution in [0, 0.1) is 11.3 Å². The summed E-state index contributed by atoms with van der Waals surface area (Å²) >= 11 is 6.48. The fourth-order valence-corrected chi connectivity index (χ4v) is 3.68. The maximum Gasteiger partial charge on any atom is 0.338 e. The molecule has 2 N–H and O–H groups in total. The average Bonchev–Trinajstić information content (AvgIpc) is 3.12. The zero-order valence-corrected chi connectivity index (χ0v) is 16.4. The van der Waals surface area contributed by atoms with Gasteiger partial charge in [-0.3, -0.25) is 0 Å². The molecule has 1 aromatic heterocycles. The van der Waals surface area contributed by atoms with Gasteiger partial charge in [-0.2, -0.15) is 5.26 Å². The number of hydrogen-bond donors (Lipinski definition) is 1. The number of allylic oxidation sites excluding steroid dienone is 2. The van der Waals surface area contributed by atoms with Crippen molar-refractivity contribution >= 4 is 28.5 Å². The summed E-state index contributed by atoms with van der Waals surface area (Å²) in [5, 5.41) is 10.5. The fourth-order valence-electron chi connectivity index (χ4n) is 3.43. The Bertz CT molecular complexity index is 1150. The molecule has 0 bridgehead atoms. The maximum atomic E-state index is 12.7. The number of carbonyl (C=O) groups excluding carboxylic acids is 1. The Labute approximate surface area is 171 Å². The quantitative estimate of drug-likeness (QED) is 0.601. The number of pyridine rings is 1. The van der Waals surface area contributed by atoms with E-state index in [0.29, 0.717) is 28.0 Å². The van der Waals surface area contributed by atoms with Gasteiger partial charge in [0, 0.05) is 17.0 Å². The molecule has 0 radical (unpaired) electrons. The van der Waals surface area contributed by atoms with E-state index in [1.54, 1.807) is 32.0 Å². The van der Waals surface area contributed by atoms with Gasteiger partial charge in [-0.15, -0.1) is 0 Å². The van der Waals surface area contributed by atoms with E-state index in [1.165, 1.54) is 0 Å². The number of fused-ring (bicyclic) bond motifs is 2. The molecular formula is C20H16ClN3O5. The minimum absolute atomic E-state index is 0.0578. The molecule has 0 fully saturated rings. The first kappa shape index (κ1) is 18.9. The summed E-state index contributed by atoms with van der Waals surface area (Å²) in [6.07, 6.45) is 0. The zero-order chi connectivity index (χ0) is 20.7. The summed E-state index contributed by atoms with van der Waals surface area (Å²) < 4.78 is 21.4. The molecule has 148 valence electrons. The van der Waals surface area contributed by atoms with Crippen LogP contribution in [0.3, 0.4) is 0 Å². The van der Waals surface area contributed by atoms with Crippen LogP contribution in [0.15, 0.2) is 41.0 Å². The molecule has 9 heteroatoms. The normalized spacial score (nSPS) is 17.9. The van der Waals surface area contributed by atoms with E-state index in [-0.39, 0.29) is 41.3 Å². The largest absolute Gasteiger partial charge is 0.463 e. The van der Waals surface area contributed by atoms with E-state index in [0.717, 1.165) is 0 Å². The summed E-state index contributed by atoms with van der Waals surface area (Å²) in [6.45, 7) is 3.56. The van der Waals surface area contributed by atoms with E-state index in [9.17, 15) is 10.1 Å². The number of rotatable bonds is 3. The second-order valence-electron chi connectivity index (χ2n) is 6.38. The van der Waals surface area contributed by atoms with E-state index < -0.39 is 11.9 Å². The van der Waals surface area contributed by atoms with Crippen molar-refractivity contribution in [3.63, 3.8) is 0 Å². The second kappa shape index (κ2) is 7.18. The molecule has 2 aliphatic rings. The zero-order valence-electron chi connectivity index (χ0n) is 15.6. The molecular weight excluding hydrogens is 398 g/mol. The van der Waals surface area contributed by atoms with Crippen LogP contribution in [0.4, 0.5) is 0 Å². The topological polar surface area (TPSA) is 117 Å². The Balaban J connectivity index is 1.93. The summed E-state index contributed by atoms with van der Waals surface area (Å²) in [4.78, 5) is 17.1. The predicted octanol–water partition coefficient (Wildman–Crippen LogP) is 3.26. The van der Waals surface area contributed by atoms with Crippen molar-refractivity contribution < 1.29 is 23.7 Å². The van der Waals surface area contributed by atoms with Crippen LogP contribution in [0.25, 0.3) is 10.9 Å². The van der Waals surface area contributed by atoms with Gasteiger partial charge in [0.1, 0.15) is 22.6 Å². The lowest BCUT2D eigenvalue weighted by molar-refractivity contribution is -0.139. The van der Waals surface area contributed by atoms with Crippen LogP contribution in [0.5, 0.6) is 11.5 Å². The third kappa shape index (κ3) is 3.09. The Kier molecular flexibility index (Phi) is 4.68. The smallest absolute Gasteiger partial charge is 0.338 e. The molecule has 0 saturated heterocycles. The standard InChI is InChI=1S/C20H16ClN3O5/c1-3-26-20(25)16-9(2)29-19(23)12(7-22)17(16)11-4-10-5-14-15(28-8-27-14)6-13(10)24-18(11)21/h4-6,17H,3,8,23H2,1-2H3/t17-/m0/s1. The lowest BCUT2D eigenvalue weighted by Gasteiger charge is -2.27. The summed E-state index contributed by atoms with van der Waals surface area (Å²) in [5.74, 6) is -0.187. The fraction of sp³-hybridized carbons (Fsp3) is 0.250. The molecule has 1 atom stereocenters. The molecule has 0 unspecified atom stereocenters. The third-order valence-electron chi connectivity index (χ3n) is 4.70. The highest BCUT2D eigenvalue weighted by molar-refractivity contribution is 6.30. The highest BCUT2D eigenvalue weighted by Gasteiger charge is 2.38. The maximum absolute atomic E-state index is 12.7. The molecule has 0 saturated carbocycles. The number of nitriles is 1. The number of ether oxygens (including phenoxy) is 4. The van der Waals surface area contributed by atoms with Gasteiger partial charge in [-0.1, -0.05) is 11.6 Å². The van der Waals surface area contributed by atoms with E-state index >= 15 is 0 Å². The first-order valence-corrected chi connectivity index (χ1v) is 9.17. The van der Waals surface area contributed by atoms with Crippen LogP contribution in [0.2, 0.25) is 5.15 Å². The van der Waals surface area contributed by atoms with Crippen molar-refractivity contribution in [2.24, 2.45) is 5.73 Å². The number of aromatic nitrogens is 1. The molecule has 1 aromatic carbocycles. The van der Waals surface area contributed by atoms with Gasteiger partial charge < -0.3 is 24.7 Å². The monoisotopic (exact) mass is 413 g/mol. The lowest BCUT2D eigenvalue weighted by atomic mass is 9.83. The van der Waals surface area contributed by atoms with Gasteiger partial charge in [-0.25, -0.2) is 9.78 Å². The third-order valence-corrected chi connectivity index (χ3v) is 5.00. The lowest BCUT2D eigenvalue weighted by Crippen LogP contribution is -2.25. The van der Waals surface area contributed by atoms with Crippen molar-refractivity contribution in [1.82, 2.24) is 4.98 Å². The number of benzene rings is 1. The predicted molar refractivity (Wildman–Crippen MR) is 103 cm³/mol. The molecule has 3 heterocycles. The van der Waals surface area contributed by atoms with E-state index in [4.69, 9.17) is 36.3 Å². The Hall–Kier alpha value is -3.44. The highest BCUT2D eigenvalue weighted by atomic mass is 35.5. The number of carbonyl (C=O) groups is 1. The van der Waals surface area contributed by atoms with Crippen molar-refractivity contribution in [3.8, 4) is 17.6 Å². The summed E-state index contributed by atoms with van der Waals surface area (Å²) in [5.41, 5.74) is 7.16. The van der Waals surface area contributed by atoms with Gasteiger partial charge >= 0.3 is 5.97 Å². The molecule has 29 heavy (non-hydrogen) atoms. The van der Waals surface area contributed by atoms with Gasteiger partial charge in [0.25, 0.3) is 0 Å². The molecule has 0 spiro atoms. The first-order chi connectivity index (χ1) is 13.9. The SMILES string of the molecule is CCOC(=O)C1=C(C)OC(N)=C(C#N)[C@@H]1c1cc2cc3c(cc2nc1Cl)OCO3. The summed E-state index contributed by atoms with van der Waals surface area (Å²) in [7, 11) is 0. The van der Waals surface area contributed by atoms with Crippen molar-refractivity contribution in [2.45, 2.75) is 19.8 Å². The minimum atomic E-state index is -0.873. The molecule has 0 amide bonds. The number of halogens is 1. The first-order valence-electron chi connectivity index (χ1n) is 8.79. The second-order valence-corrected chi connectivity index (χ2v) is 6.74. The van der Waals surface area contributed by atoms with Gasteiger partial charge in [-0.05, 0) is 26.0 Å². The molecule has 0 aliphatic carbocycles. The molecule has 4 rings (SSSR count). The number of hydrogen-bond acceptors (Lipinski definition) is 8. The van der Waals surface area contributed by atoms with Crippen LogP contribution in [-0.4, -0.2) is 24.4 Å². The number of esters is 1. The van der Waals surface area contributed by atoms with Gasteiger partial charge in [0.15, 0.2) is 11.5 Å². The van der Waals surface area contributed by atoms with Crippen LogP contribution in [-0.2, 0) is 14.3 Å². The van der Waals surface area contributed by atoms with Crippen molar-refractivity contribution in [3.05, 3.63) is 51.7 Å². The highest BCUT2D eigenvalue weighted by Crippen LogP contribution is 2.44. The van der Waals surface area contributed by atoms with Crippen LogP contribution >= 0.6 is 11.6 Å². The van der Waals surface area contributed by atoms with Crippen LogP contribution < -0.4 is 15.2 Å². The van der Waals surface area contributed by atoms with E-state index in [1.807, 2.05) is 6.07 Å². The average molecular weight is 414 g/mol. The Morgan fingerprint density at radius 2 is 2.10 bits per heavy atom. The van der Waals surface area contributed by atoms with E-state index in [2.05, 4.69) is 4.98 Å². The Morgan fingerprint density at radius 3 is 2.79 bits per heavy atom. The van der Waals surface area contributed by atoms with Crippen molar-refractivity contribution in [1.29, 1.82) is 5.26 Å². The van der Waals surface area contributed by atoms with Crippen LogP contribution in [0.1, 0.15) is 25.3 Å². The molecule has 2 aliphatic heterocycles. The Morgan fingerprint density at radius 1 is 1.38 bits per heavy atom. The summed E-state index contributed by atoms with van der Waals surface area (Å²) in [6, 6.07) is 7.26. The number of nitrogens with zero attached hydrogens (tertiary/aromatic N) is 2. The minimum Gasteiger partial charge on any atom is -0.463 e. The van der Waals surface area contributed by atoms with Gasteiger partial charge in [0.2, 0.25) is 12.7 Å². The van der Waals surface area contributed by atoms with Gasteiger partial charge in [0.05, 0.1) is 23.6 Å². The van der Waals surface area contributed by atoms with Crippen molar-refractivity contribution in [2.75, 3.05) is 13.4 Å². The number of nitrogens with two attached hydrogens (primary N) is 1. The molecule has 2 aromatic rings.